The lowest BCUT2D eigenvalue weighted by Crippen LogP contribution is -2.27. The number of carbonyl (C=O) groups is 1. The molecule has 0 saturated heterocycles. The number of hydrogen-bond acceptors (Lipinski definition) is 3. The number of nitrogens with one attached hydrogen (secondary N) is 1. The molecule has 1 unspecified atom stereocenters. The highest BCUT2D eigenvalue weighted by Crippen LogP contribution is 2.25. The first-order valence-corrected chi connectivity index (χ1v) is 6.17. The molecule has 0 heterocycles. The predicted octanol–water partition coefficient (Wildman–Crippen LogP) is 2.62. The predicted molar refractivity (Wildman–Crippen MR) is 74.8 cm³/mol. The Balaban J connectivity index is 2.37. The van der Waals surface area contributed by atoms with E-state index in [-0.39, 0.29) is 11.3 Å². The zero-order chi connectivity index (χ0) is 15.6. The quantitative estimate of drug-likeness (QED) is 0.811. The van der Waals surface area contributed by atoms with Crippen LogP contribution in [-0.4, -0.2) is 11.0 Å². The minimum atomic E-state index is -1.09. The summed E-state index contributed by atoms with van der Waals surface area (Å²) < 4.78 is 26.7. The number of phenols is 1. The van der Waals surface area contributed by atoms with Crippen molar-refractivity contribution in [3.63, 3.8) is 0 Å². The fourth-order valence-corrected chi connectivity index (χ4v) is 2.07. The van der Waals surface area contributed by atoms with Crippen molar-refractivity contribution in [1.82, 2.24) is 0 Å². The van der Waals surface area contributed by atoms with Crippen molar-refractivity contribution < 1.29 is 18.7 Å². The Kier molecular flexibility index (Phi) is 4.07. The maximum atomic E-state index is 13.4. The van der Waals surface area contributed by atoms with Gasteiger partial charge in [0.25, 0.3) is 0 Å². The molecule has 0 aliphatic heterocycles. The molecule has 6 heteroatoms. The highest BCUT2D eigenvalue weighted by molar-refractivity contribution is 5.84. The number of carbonyl (C=O) groups excluding carboxylic acids is 1. The van der Waals surface area contributed by atoms with E-state index in [0.717, 1.165) is 12.1 Å². The van der Waals surface area contributed by atoms with Gasteiger partial charge in [-0.1, -0.05) is 0 Å². The van der Waals surface area contributed by atoms with Crippen molar-refractivity contribution >= 4 is 11.6 Å². The second-order valence-electron chi connectivity index (χ2n) is 4.74. The van der Waals surface area contributed by atoms with Crippen LogP contribution in [0, 0.1) is 18.6 Å². The van der Waals surface area contributed by atoms with E-state index in [9.17, 15) is 18.7 Å². The molecule has 0 fully saturated rings. The van der Waals surface area contributed by atoms with Gasteiger partial charge in [0.05, 0.1) is 0 Å². The molecule has 1 atom stereocenters. The molecule has 0 aliphatic carbocycles. The first kappa shape index (κ1) is 14.8. The van der Waals surface area contributed by atoms with Crippen LogP contribution in [-0.2, 0) is 4.79 Å². The number of aryl methyl sites for hydroxylation is 1. The van der Waals surface area contributed by atoms with Crippen LogP contribution < -0.4 is 11.1 Å². The molecule has 4 nitrogen and oxygen atoms in total. The van der Waals surface area contributed by atoms with Crippen molar-refractivity contribution in [1.29, 1.82) is 0 Å². The summed E-state index contributed by atoms with van der Waals surface area (Å²) in [6, 6.07) is 6.27. The van der Waals surface area contributed by atoms with Gasteiger partial charge < -0.3 is 16.2 Å². The van der Waals surface area contributed by atoms with Gasteiger partial charge in [0.15, 0.2) is 0 Å². The largest absolute Gasteiger partial charge is 0.508 e. The lowest BCUT2D eigenvalue weighted by molar-refractivity contribution is -0.118. The summed E-state index contributed by atoms with van der Waals surface area (Å²) in [4.78, 5) is 11.6. The smallest absolute Gasteiger partial charge is 0.244 e. The van der Waals surface area contributed by atoms with Gasteiger partial charge >= 0.3 is 0 Å². The van der Waals surface area contributed by atoms with Crippen molar-refractivity contribution in [2.45, 2.75) is 13.0 Å². The molecular formula is C15H14F2N2O2. The molecule has 0 bridgehead atoms. The average Bonchev–Trinajstić information content (AvgIpc) is 2.33. The van der Waals surface area contributed by atoms with E-state index in [0.29, 0.717) is 11.3 Å². The maximum Gasteiger partial charge on any atom is 0.244 e. The molecule has 0 radical (unpaired) electrons. The summed E-state index contributed by atoms with van der Waals surface area (Å²) in [7, 11) is 0. The number of amides is 1. The highest BCUT2D eigenvalue weighted by Gasteiger charge is 2.19. The fourth-order valence-electron chi connectivity index (χ4n) is 2.07. The topological polar surface area (TPSA) is 75.3 Å². The van der Waals surface area contributed by atoms with E-state index in [1.807, 2.05) is 0 Å². The molecule has 110 valence electrons. The van der Waals surface area contributed by atoms with Gasteiger partial charge in [0, 0.05) is 11.8 Å². The molecule has 2 aromatic carbocycles. The van der Waals surface area contributed by atoms with Crippen LogP contribution in [0.1, 0.15) is 17.2 Å². The molecule has 0 aromatic heterocycles. The van der Waals surface area contributed by atoms with Crippen LogP contribution in [0.3, 0.4) is 0 Å². The summed E-state index contributed by atoms with van der Waals surface area (Å²) in [6.45, 7) is 1.70. The second-order valence-corrected chi connectivity index (χ2v) is 4.74. The van der Waals surface area contributed by atoms with Crippen molar-refractivity contribution in [2.75, 3.05) is 5.32 Å². The number of nitrogens with two attached hydrogens (primary N) is 1. The first-order valence-electron chi connectivity index (χ1n) is 6.17. The number of aromatic hydroxyl groups is 1. The second kappa shape index (κ2) is 5.78. The molecule has 0 saturated carbocycles. The summed E-state index contributed by atoms with van der Waals surface area (Å²) in [5, 5.41) is 12.1. The standard InChI is InChI=1S/C15H14F2N2O2/c1-8-2-10(16)6-12(3-8)19-14(15(18)21)9-4-11(17)7-13(20)5-9/h2-7,14,19-20H,1H3,(H2,18,21). The van der Waals surface area contributed by atoms with Crippen LogP contribution in [0.2, 0.25) is 0 Å². The lowest BCUT2D eigenvalue weighted by atomic mass is 10.0. The van der Waals surface area contributed by atoms with Gasteiger partial charge in [0.1, 0.15) is 23.4 Å². The van der Waals surface area contributed by atoms with Crippen LogP contribution in [0.4, 0.5) is 14.5 Å². The normalized spacial score (nSPS) is 12.0. The highest BCUT2D eigenvalue weighted by atomic mass is 19.1. The minimum Gasteiger partial charge on any atom is -0.508 e. The van der Waals surface area contributed by atoms with Gasteiger partial charge in [-0.2, -0.15) is 0 Å². The zero-order valence-corrected chi connectivity index (χ0v) is 11.2. The summed E-state index contributed by atoms with van der Waals surface area (Å²) in [5.74, 6) is -2.27. The SMILES string of the molecule is Cc1cc(F)cc(NC(C(N)=O)c2cc(O)cc(F)c2)c1. The number of hydrogen-bond donors (Lipinski definition) is 3. The Morgan fingerprint density at radius 3 is 2.38 bits per heavy atom. The Hall–Kier alpha value is -2.63. The number of benzene rings is 2. The average molecular weight is 292 g/mol. The Morgan fingerprint density at radius 2 is 1.81 bits per heavy atom. The molecular weight excluding hydrogens is 278 g/mol. The van der Waals surface area contributed by atoms with Gasteiger partial charge in [0.2, 0.25) is 5.91 Å². The number of primary amides is 1. The van der Waals surface area contributed by atoms with Crippen molar-refractivity contribution in [3.05, 3.63) is 59.2 Å². The summed E-state index contributed by atoms with van der Waals surface area (Å²) >= 11 is 0. The molecule has 2 rings (SSSR count). The zero-order valence-electron chi connectivity index (χ0n) is 11.2. The third-order valence-corrected chi connectivity index (χ3v) is 2.88. The fraction of sp³-hybridized carbons (Fsp3) is 0.133. The van der Waals surface area contributed by atoms with Gasteiger partial charge in [-0.3, -0.25) is 4.79 Å². The third kappa shape index (κ3) is 3.68. The maximum absolute atomic E-state index is 13.4. The molecule has 2 aromatic rings. The first-order chi connectivity index (χ1) is 9.85. The van der Waals surface area contributed by atoms with E-state index in [4.69, 9.17) is 5.73 Å². The van der Waals surface area contributed by atoms with E-state index in [1.54, 1.807) is 13.0 Å². The van der Waals surface area contributed by atoms with E-state index in [1.165, 1.54) is 18.2 Å². The minimum absolute atomic E-state index is 0.155. The Morgan fingerprint density at radius 1 is 1.14 bits per heavy atom. The van der Waals surface area contributed by atoms with Crippen LogP contribution in [0.5, 0.6) is 5.75 Å². The molecule has 21 heavy (non-hydrogen) atoms. The molecule has 4 N–H and O–H groups in total. The van der Waals surface area contributed by atoms with Crippen LogP contribution in [0.15, 0.2) is 36.4 Å². The van der Waals surface area contributed by atoms with Gasteiger partial charge in [-0.25, -0.2) is 8.78 Å². The van der Waals surface area contributed by atoms with E-state index in [2.05, 4.69) is 5.32 Å². The number of rotatable bonds is 4. The molecule has 0 aliphatic rings. The van der Waals surface area contributed by atoms with E-state index >= 15 is 0 Å². The van der Waals surface area contributed by atoms with E-state index < -0.39 is 23.6 Å². The summed E-state index contributed by atoms with van der Waals surface area (Å²) in [5.41, 5.74) is 6.44. The Bertz CT molecular complexity index is 649. The van der Waals surface area contributed by atoms with Crippen LogP contribution in [0.25, 0.3) is 0 Å². The van der Waals surface area contributed by atoms with Crippen LogP contribution >= 0.6 is 0 Å². The molecule has 0 spiro atoms. The van der Waals surface area contributed by atoms with Gasteiger partial charge in [-0.05, 0) is 48.4 Å². The Labute approximate surface area is 120 Å². The van der Waals surface area contributed by atoms with Gasteiger partial charge in [-0.15, -0.1) is 0 Å². The monoisotopic (exact) mass is 292 g/mol. The lowest BCUT2D eigenvalue weighted by Gasteiger charge is -2.18. The van der Waals surface area contributed by atoms with Crippen molar-refractivity contribution in [2.24, 2.45) is 5.73 Å². The number of phenolic OH excluding ortho intramolecular Hbond substituents is 1. The molecule has 1 amide bonds. The third-order valence-electron chi connectivity index (χ3n) is 2.88. The number of anilines is 1. The van der Waals surface area contributed by atoms with Crippen molar-refractivity contribution in [3.8, 4) is 5.75 Å². The summed E-state index contributed by atoms with van der Waals surface area (Å²) in [6.07, 6.45) is 0. The number of halogens is 2.